The Kier molecular flexibility index (Phi) is 2.55. The first-order chi connectivity index (χ1) is 6.79. The molecule has 72 valence electrons. The summed E-state index contributed by atoms with van der Waals surface area (Å²) in [4.78, 5) is 7.42. The highest BCUT2D eigenvalue weighted by Crippen LogP contribution is 2.17. The normalized spacial score (nSPS) is 10.4. The molecule has 2 rings (SSSR count). The van der Waals surface area contributed by atoms with E-state index in [1.807, 2.05) is 12.1 Å². The zero-order valence-electron chi connectivity index (χ0n) is 7.92. The average Bonchev–Trinajstić information content (AvgIpc) is 2.66. The maximum atomic E-state index is 5.69. The molecule has 0 saturated heterocycles. The number of aryl methyl sites for hydroxylation is 1. The first kappa shape index (κ1) is 9.28. The van der Waals surface area contributed by atoms with E-state index in [-0.39, 0.29) is 0 Å². The zero-order chi connectivity index (χ0) is 9.97. The Morgan fingerprint density at radius 3 is 2.93 bits per heavy atom. The van der Waals surface area contributed by atoms with Crippen molar-refractivity contribution < 1.29 is 0 Å². The average molecular weight is 207 g/mol. The second-order valence-corrected chi connectivity index (χ2v) is 3.53. The summed E-state index contributed by atoms with van der Waals surface area (Å²) in [6, 6.07) is 8.21. The van der Waals surface area contributed by atoms with Crippen LogP contribution in [0.15, 0.2) is 30.5 Å². The number of nitrogens with zero attached hydrogens (tertiary/aromatic N) is 1. The number of benzene rings is 1. The molecule has 1 heterocycles. The Labute approximate surface area is 88.0 Å². The van der Waals surface area contributed by atoms with Crippen LogP contribution in [-0.4, -0.2) is 9.97 Å². The van der Waals surface area contributed by atoms with E-state index in [0.717, 1.165) is 17.1 Å². The van der Waals surface area contributed by atoms with Crippen molar-refractivity contribution in [1.29, 1.82) is 0 Å². The predicted octanol–water partition coefficient (Wildman–Crippen LogP) is 3.12. The molecule has 0 amide bonds. The fraction of sp³-hybridized carbons (Fsp3) is 0.182. The summed E-state index contributed by atoms with van der Waals surface area (Å²) in [5.74, 6) is 1.35. The second-order valence-electron chi connectivity index (χ2n) is 3.26. The molecule has 1 aromatic heterocycles. The quantitative estimate of drug-likeness (QED) is 0.752. The largest absolute Gasteiger partial charge is 0.341 e. The van der Waals surface area contributed by atoms with Crippen molar-refractivity contribution in [3.05, 3.63) is 41.7 Å². The van der Waals surface area contributed by atoms with Gasteiger partial charge in [-0.25, -0.2) is 4.98 Å². The van der Waals surface area contributed by atoms with E-state index in [1.54, 1.807) is 6.20 Å². The van der Waals surface area contributed by atoms with Crippen LogP contribution in [-0.2, 0) is 5.88 Å². The highest BCUT2D eigenvalue weighted by atomic mass is 35.5. The number of hydrogen-bond donors (Lipinski definition) is 1. The van der Waals surface area contributed by atoms with Crippen molar-refractivity contribution in [2.24, 2.45) is 0 Å². The summed E-state index contributed by atoms with van der Waals surface area (Å²) >= 11 is 5.69. The third-order valence-corrected chi connectivity index (χ3v) is 2.35. The minimum atomic E-state index is 0.471. The minimum Gasteiger partial charge on any atom is -0.341 e. The Bertz CT molecular complexity index is 434. The third kappa shape index (κ3) is 1.80. The van der Waals surface area contributed by atoms with Crippen LogP contribution in [0.2, 0.25) is 0 Å². The summed E-state index contributed by atoms with van der Waals surface area (Å²) in [6.45, 7) is 2.06. The Balaban J connectivity index is 2.39. The molecule has 0 atom stereocenters. The van der Waals surface area contributed by atoms with Crippen LogP contribution in [0.1, 0.15) is 11.3 Å². The Morgan fingerprint density at radius 1 is 1.43 bits per heavy atom. The lowest BCUT2D eigenvalue weighted by atomic mass is 10.1. The van der Waals surface area contributed by atoms with Crippen LogP contribution >= 0.6 is 11.6 Å². The number of rotatable bonds is 2. The standard InChI is InChI=1S/C11H11ClN2/c1-8-3-2-4-9(5-8)11-13-7-10(6-12)14-11/h2-5,7H,6H2,1H3,(H,13,14). The van der Waals surface area contributed by atoms with E-state index in [4.69, 9.17) is 11.6 Å². The number of imidazole rings is 1. The number of nitrogens with one attached hydrogen (secondary N) is 1. The van der Waals surface area contributed by atoms with Gasteiger partial charge in [-0.05, 0) is 13.0 Å². The molecule has 0 unspecified atom stereocenters. The van der Waals surface area contributed by atoms with Gasteiger partial charge in [0.15, 0.2) is 0 Å². The van der Waals surface area contributed by atoms with Gasteiger partial charge in [0.2, 0.25) is 0 Å². The summed E-state index contributed by atoms with van der Waals surface area (Å²) in [7, 11) is 0. The van der Waals surface area contributed by atoms with E-state index in [9.17, 15) is 0 Å². The van der Waals surface area contributed by atoms with E-state index in [0.29, 0.717) is 5.88 Å². The lowest BCUT2D eigenvalue weighted by Crippen LogP contribution is -1.82. The van der Waals surface area contributed by atoms with Gasteiger partial charge in [0.25, 0.3) is 0 Å². The number of hydrogen-bond acceptors (Lipinski definition) is 1. The van der Waals surface area contributed by atoms with Crippen molar-refractivity contribution >= 4 is 11.6 Å². The lowest BCUT2D eigenvalue weighted by Gasteiger charge is -1.97. The molecule has 0 radical (unpaired) electrons. The SMILES string of the molecule is Cc1cccc(-c2ncc(CCl)[nH]2)c1. The number of aromatic amines is 1. The van der Waals surface area contributed by atoms with Gasteiger partial charge >= 0.3 is 0 Å². The van der Waals surface area contributed by atoms with Crippen molar-refractivity contribution in [2.45, 2.75) is 12.8 Å². The monoisotopic (exact) mass is 206 g/mol. The van der Waals surface area contributed by atoms with Crippen molar-refractivity contribution in [3.8, 4) is 11.4 Å². The van der Waals surface area contributed by atoms with Gasteiger partial charge in [0.1, 0.15) is 5.82 Å². The van der Waals surface area contributed by atoms with Crippen molar-refractivity contribution in [2.75, 3.05) is 0 Å². The summed E-state index contributed by atoms with van der Waals surface area (Å²) < 4.78 is 0. The van der Waals surface area contributed by atoms with Crippen molar-refractivity contribution in [1.82, 2.24) is 9.97 Å². The smallest absolute Gasteiger partial charge is 0.137 e. The third-order valence-electron chi connectivity index (χ3n) is 2.06. The highest BCUT2D eigenvalue weighted by molar-refractivity contribution is 6.16. The molecular formula is C11H11ClN2. The molecule has 0 fully saturated rings. The fourth-order valence-corrected chi connectivity index (χ4v) is 1.50. The van der Waals surface area contributed by atoms with Gasteiger partial charge in [-0.15, -0.1) is 11.6 Å². The van der Waals surface area contributed by atoms with E-state index in [1.165, 1.54) is 5.56 Å². The van der Waals surface area contributed by atoms with Gasteiger partial charge in [-0.3, -0.25) is 0 Å². The number of alkyl halides is 1. The van der Waals surface area contributed by atoms with Crippen LogP contribution in [0, 0.1) is 6.92 Å². The number of aromatic nitrogens is 2. The van der Waals surface area contributed by atoms with Crippen LogP contribution in [0.3, 0.4) is 0 Å². The predicted molar refractivity (Wildman–Crippen MR) is 58.3 cm³/mol. The van der Waals surface area contributed by atoms with Crippen molar-refractivity contribution in [3.63, 3.8) is 0 Å². The highest BCUT2D eigenvalue weighted by Gasteiger charge is 2.02. The maximum Gasteiger partial charge on any atom is 0.137 e. The van der Waals surface area contributed by atoms with Gasteiger partial charge < -0.3 is 4.98 Å². The molecule has 1 aromatic carbocycles. The maximum absolute atomic E-state index is 5.69. The molecule has 1 N–H and O–H groups in total. The van der Waals surface area contributed by atoms with E-state index < -0.39 is 0 Å². The van der Waals surface area contributed by atoms with Gasteiger partial charge in [0, 0.05) is 17.5 Å². The van der Waals surface area contributed by atoms with E-state index >= 15 is 0 Å². The fourth-order valence-electron chi connectivity index (χ4n) is 1.37. The van der Waals surface area contributed by atoms with E-state index in [2.05, 4.69) is 29.0 Å². The molecule has 0 saturated carbocycles. The number of halogens is 1. The van der Waals surface area contributed by atoms with Crippen LogP contribution in [0.25, 0.3) is 11.4 Å². The summed E-state index contributed by atoms with van der Waals surface area (Å²) in [6.07, 6.45) is 1.77. The summed E-state index contributed by atoms with van der Waals surface area (Å²) in [5.41, 5.74) is 3.27. The van der Waals surface area contributed by atoms with Gasteiger partial charge in [-0.2, -0.15) is 0 Å². The molecule has 0 bridgehead atoms. The molecular weight excluding hydrogens is 196 g/mol. The summed E-state index contributed by atoms with van der Waals surface area (Å²) in [5, 5.41) is 0. The minimum absolute atomic E-state index is 0.471. The zero-order valence-corrected chi connectivity index (χ0v) is 8.67. The van der Waals surface area contributed by atoms with Crippen LogP contribution in [0.5, 0.6) is 0 Å². The molecule has 0 spiro atoms. The van der Waals surface area contributed by atoms with Gasteiger partial charge in [-0.1, -0.05) is 23.8 Å². The molecule has 2 nitrogen and oxygen atoms in total. The number of H-pyrrole nitrogens is 1. The van der Waals surface area contributed by atoms with Crippen LogP contribution < -0.4 is 0 Å². The molecule has 14 heavy (non-hydrogen) atoms. The molecule has 0 aliphatic rings. The van der Waals surface area contributed by atoms with Gasteiger partial charge in [0.05, 0.1) is 5.88 Å². The first-order valence-electron chi connectivity index (χ1n) is 4.46. The molecule has 2 aromatic rings. The Hall–Kier alpha value is -1.28. The van der Waals surface area contributed by atoms with Crippen LogP contribution in [0.4, 0.5) is 0 Å². The molecule has 0 aliphatic heterocycles. The second kappa shape index (κ2) is 3.84. The Morgan fingerprint density at radius 2 is 2.29 bits per heavy atom. The topological polar surface area (TPSA) is 28.7 Å². The lowest BCUT2D eigenvalue weighted by molar-refractivity contribution is 1.22. The first-order valence-corrected chi connectivity index (χ1v) is 5.00. The molecule has 0 aliphatic carbocycles. The molecule has 3 heteroatoms.